The first-order valence-electron chi connectivity index (χ1n) is 5.76. The van der Waals surface area contributed by atoms with Crippen molar-refractivity contribution in [2.24, 2.45) is 13.0 Å². The molecule has 0 spiro atoms. The van der Waals surface area contributed by atoms with Crippen LogP contribution in [-0.2, 0) is 18.3 Å². The minimum atomic E-state index is 0.318. The van der Waals surface area contributed by atoms with Crippen LogP contribution in [0.3, 0.4) is 0 Å². The molecule has 1 fully saturated rings. The van der Waals surface area contributed by atoms with Gasteiger partial charge in [-0.15, -0.1) is 0 Å². The molecule has 0 radical (unpaired) electrons. The van der Waals surface area contributed by atoms with E-state index in [1.54, 1.807) is 0 Å². The average Bonchev–Trinajstić information content (AvgIpc) is 2.63. The Morgan fingerprint density at radius 1 is 1.53 bits per heavy atom. The number of hydrogen-bond donors (Lipinski definition) is 0. The molecule has 82 valence electrons. The Hall–Kier alpha value is -1.12. The molecule has 0 aromatic carbocycles. The highest BCUT2D eigenvalue weighted by Gasteiger charge is 2.21. The zero-order chi connectivity index (χ0) is 10.7. The number of carbonyl (C=O) groups is 1. The van der Waals surface area contributed by atoms with Crippen LogP contribution in [0.5, 0.6) is 0 Å². The highest BCUT2D eigenvalue weighted by Crippen LogP contribution is 2.24. The molecular formula is C12H18N2O. The van der Waals surface area contributed by atoms with E-state index >= 15 is 0 Å². The maximum atomic E-state index is 11.6. The second-order valence-electron chi connectivity index (χ2n) is 4.47. The summed E-state index contributed by atoms with van der Waals surface area (Å²) in [6.07, 6.45) is 10.2. The quantitative estimate of drug-likeness (QED) is 0.759. The normalized spacial score (nSPS) is 21.9. The minimum absolute atomic E-state index is 0.318. The molecule has 0 amide bonds. The van der Waals surface area contributed by atoms with Crippen LogP contribution in [-0.4, -0.2) is 15.6 Å². The van der Waals surface area contributed by atoms with E-state index in [9.17, 15) is 4.79 Å². The van der Waals surface area contributed by atoms with Crippen molar-refractivity contribution in [1.82, 2.24) is 9.78 Å². The molecule has 2 rings (SSSR count). The number of ketones is 1. The second kappa shape index (κ2) is 4.60. The third kappa shape index (κ3) is 2.67. The van der Waals surface area contributed by atoms with E-state index in [1.807, 2.05) is 24.1 Å². The Morgan fingerprint density at radius 3 is 3.07 bits per heavy atom. The molecule has 0 N–H and O–H groups in total. The lowest BCUT2D eigenvalue weighted by molar-refractivity contribution is -0.124. The lowest BCUT2D eigenvalue weighted by atomic mass is 9.84. The maximum Gasteiger partial charge on any atom is 0.135 e. The maximum absolute atomic E-state index is 11.6. The number of hydrogen-bond acceptors (Lipinski definition) is 2. The Labute approximate surface area is 90.5 Å². The topological polar surface area (TPSA) is 34.9 Å². The zero-order valence-corrected chi connectivity index (χ0v) is 9.28. The van der Waals surface area contributed by atoms with E-state index in [-0.39, 0.29) is 0 Å². The number of nitrogens with zero attached hydrogens (tertiary/aromatic N) is 2. The first kappa shape index (κ1) is 10.4. The molecule has 1 atom stereocenters. The van der Waals surface area contributed by atoms with Crippen LogP contribution in [0.1, 0.15) is 37.7 Å². The molecule has 1 aromatic rings. The molecule has 1 aromatic heterocycles. The Morgan fingerprint density at radius 2 is 2.40 bits per heavy atom. The molecule has 1 aliphatic carbocycles. The first-order chi connectivity index (χ1) is 7.25. The fourth-order valence-electron chi connectivity index (χ4n) is 2.30. The highest BCUT2D eigenvalue weighted by atomic mass is 16.1. The molecule has 3 nitrogen and oxygen atoms in total. The lowest BCUT2D eigenvalue weighted by Gasteiger charge is -2.19. The van der Waals surface area contributed by atoms with Gasteiger partial charge in [-0.25, -0.2) is 0 Å². The fraction of sp³-hybridized carbons (Fsp3) is 0.667. The van der Waals surface area contributed by atoms with Crippen molar-refractivity contribution in [2.75, 3.05) is 0 Å². The van der Waals surface area contributed by atoms with Gasteiger partial charge in [-0.3, -0.25) is 9.48 Å². The first-order valence-corrected chi connectivity index (χ1v) is 5.76. The SMILES string of the molecule is Cn1cc(CCC2CCCCC2=O)cn1. The highest BCUT2D eigenvalue weighted by molar-refractivity contribution is 5.81. The summed E-state index contributed by atoms with van der Waals surface area (Å²) in [5.74, 6) is 0.795. The predicted molar refractivity (Wildman–Crippen MR) is 58.5 cm³/mol. The smallest absolute Gasteiger partial charge is 0.135 e. The zero-order valence-electron chi connectivity index (χ0n) is 9.28. The van der Waals surface area contributed by atoms with Gasteiger partial charge in [0.15, 0.2) is 0 Å². The van der Waals surface area contributed by atoms with Crippen molar-refractivity contribution >= 4 is 5.78 Å². The summed E-state index contributed by atoms with van der Waals surface area (Å²) in [5, 5.41) is 4.13. The molecule has 0 aliphatic heterocycles. The molecule has 1 unspecified atom stereocenters. The molecule has 15 heavy (non-hydrogen) atoms. The largest absolute Gasteiger partial charge is 0.299 e. The van der Waals surface area contributed by atoms with Crippen LogP contribution >= 0.6 is 0 Å². The van der Waals surface area contributed by atoms with Crippen molar-refractivity contribution in [1.29, 1.82) is 0 Å². The van der Waals surface area contributed by atoms with Gasteiger partial charge in [-0.1, -0.05) is 6.42 Å². The Bertz CT molecular complexity index is 343. The molecule has 3 heteroatoms. The van der Waals surface area contributed by atoms with E-state index in [0.717, 1.165) is 32.1 Å². The molecule has 1 saturated carbocycles. The molecule has 0 saturated heterocycles. The third-order valence-corrected chi connectivity index (χ3v) is 3.22. The van der Waals surface area contributed by atoms with Crippen LogP contribution in [0, 0.1) is 5.92 Å². The fourth-order valence-corrected chi connectivity index (χ4v) is 2.30. The number of Topliss-reactive ketones (excluding diaryl/α,β-unsaturated/α-hetero) is 1. The van der Waals surface area contributed by atoms with Crippen molar-refractivity contribution in [3.05, 3.63) is 18.0 Å². The summed E-state index contributed by atoms with van der Waals surface area (Å²) in [4.78, 5) is 11.6. The Balaban J connectivity index is 1.84. The summed E-state index contributed by atoms with van der Waals surface area (Å²) in [5.41, 5.74) is 1.25. The van der Waals surface area contributed by atoms with Crippen LogP contribution in [0.15, 0.2) is 12.4 Å². The van der Waals surface area contributed by atoms with Gasteiger partial charge >= 0.3 is 0 Å². The third-order valence-electron chi connectivity index (χ3n) is 3.22. The van der Waals surface area contributed by atoms with E-state index in [1.165, 1.54) is 12.0 Å². The van der Waals surface area contributed by atoms with Gasteiger partial charge in [0.25, 0.3) is 0 Å². The van der Waals surface area contributed by atoms with Gasteiger partial charge < -0.3 is 0 Å². The summed E-state index contributed by atoms with van der Waals surface area (Å²) < 4.78 is 1.82. The summed E-state index contributed by atoms with van der Waals surface area (Å²) in [6, 6.07) is 0. The number of carbonyl (C=O) groups excluding carboxylic acids is 1. The summed E-state index contributed by atoms with van der Waals surface area (Å²) in [7, 11) is 1.93. The van der Waals surface area contributed by atoms with Gasteiger partial charge in [0.05, 0.1) is 6.20 Å². The predicted octanol–water partition coefficient (Wildman–Crippen LogP) is 2.11. The van der Waals surface area contributed by atoms with E-state index in [4.69, 9.17) is 0 Å². The number of rotatable bonds is 3. The summed E-state index contributed by atoms with van der Waals surface area (Å²) in [6.45, 7) is 0. The Kier molecular flexibility index (Phi) is 3.19. The number of aromatic nitrogens is 2. The van der Waals surface area contributed by atoms with Gasteiger partial charge in [-0.05, 0) is 31.2 Å². The minimum Gasteiger partial charge on any atom is -0.299 e. The van der Waals surface area contributed by atoms with E-state index in [0.29, 0.717) is 11.7 Å². The van der Waals surface area contributed by atoms with Crippen LogP contribution in [0.25, 0.3) is 0 Å². The monoisotopic (exact) mass is 206 g/mol. The van der Waals surface area contributed by atoms with Gasteiger partial charge in [-0.2, -0.15) is 5.10 Å². The van der Waals surface area contributed by atoms with Gasteiger partial charge in [0.2, 0.25) is 0 Å². The number of aryl methyl sites for hydroxylation is 2. The average molecular weight is 206 g/mol. The van der Waals surface area contributed by atoms with Gasteiger partial charge in [0.1, 0.15) is 5.78 Å². The van der Waals surface area contributed by atoms with E-state index < -0.39 is 0 Å². The van der Waals surface area contributed by atoms with Crippen LogP contribution in [0.4, 0.5) is 0 Å². The molecule has 1 heterocycles. The van der Waals surface area contributed by atoms with Crippen molar-refractivity contribution in [3.8, 4) is 0 Å². The standard InChI is InChI=1S/C12H18N2O/c1-14-9-10(8-13-14)6-7-11-4-2-3-5-12(11)15/h8-9,11H,2-7H2,1H3. The summed E-state index contributed by atoms with van der Waals surface area (Å²) >= 11 is 0. The molecule has 0 bridgehead atoms. The van der Waals surface area contributed by atoms with Crippen molar-refractivity contribution in [2.45, 2.75) is 38.5 Å². The van der Waals surface area contributed by atoms with Crippen LogP contribution < -0.4 is 0 Å². The van der Waals surface area contributed by atoms with E-state index in [2.05, 4.69) is 5.10 Å². The van der Waals surface area contributed by atoms with Crippen molar-refractivity contribution in [3.63, 3.8) is 0 Å². The van der Waals surface area contributed by atoms with Crippen molar-refractivity contribution < 1.29 is 4.79 Å². The molecule has 1 aliphatic rings. The van der Waals surface area contributed by atoms with Crippen LogP contribution in [0.2, 0.25) is 0 Å². The second-order valence-corrected chi connectivity index (χ2v) is 4.47. The van der Waals surface area contributed by atoms with Gasteiger partial charge in [0, 0.05) is 25.6 Å². The molecular weight excluding hydrogens is 188 g/mol. The lowest BCUT2D eigenvalue weighted by Crippen LogP contribution is -2.19.